The van der Waals surface area contributed by atoms with Crippen LogP contribution in [0, 0.1) is 11.6 Å². The van der Waals surface area contributed by atoms with E-state index in [4.69, 9.17) is 18.5 Å². The van der Waals surface area contributed by atoms with E-state index >= 15 is 8.78 Å². The highest BCUT2D eigenvalue weighted by molar-refractivity contribution is 6.74. The molecule has 0 N–H and O–H groups in total. The number of hydrogen-bond acceptors (Lipinski definition) is 6. The van der Waals surface area contributed by atoms with Crippen LogP contribution in [0.5, 0.6) is 0 Å². The van der Waals surface area contributed by atoms with Crippen LogP contribution < -0.4 is 0 Å². The molecule has 6 nitrogen and oxygen atoms in total. The highest BCUT2D eigenvalue weighted by atomic mass is 28.4. The highest BCUT2D eigenvalue weighted by Crippen LogP contribution is 2.38. The van der Waals surface area contributed by atoms with Crippen LogP contribution in [0.1, 0.15) is 65.5 Å². The van der Waals surface area contributed by atoms with Gasteiger partial charge in [-0.2, -0.15) is 0 Å². The fraction of sp³-hybridized carbons (Fsp3) is 0.562. The van der Waals surface area contributed by atoms with Crippen molar-refractivity contribution in [1.29, 1.82) is 0 Å². The lowest BCUT2D eigenvalue weighted by Gasteiger charge is -2.36. The standard InChI is InChI=1S/C32H46F2N2O4Si2/c1-31(2,3)41(7,8)37-19-23-17-29(35-39-23)21-11-13-25(27(33)15-21)26-14-12-22(16-28(26)34)30-18-24(40-36-30)20-38-42(9,10)32(4,5)6/h11-16,23-24H,17-20H2,1-10H3. The van der Waals surface area contributed by atoms with E-state index in [0.717, 1.165) is 0 Å². The molecule has 0 spiro atoms. The molecule has 2 atom stereocenters. The predicted octanol–water partition coefficient (Wildman–Crippen LogP) is 8.66. The second-order valence-electron chi connectivity index (χ2n) is 14.5. The van der Waals surface area contributed by atoms with E-state index in [0.29, 0.717) is 48.6 Å². The summed E-state index contributed by atoms with van der Waals surface area (Å²) in [6.45, 7) is 22.8. The van der Waals surface area contributed by atoms with Gasteiger partial charge in [-0.3, -0.25) is 0 Å². The summed E-state index contributed by atoms with van der Waals surface area (Å²) < 4.78 is 43.1. The van der Waals surface area contributed by atoms with Crippen LogP contribution in [0.2, 0.25) is 36.3 Å². The molecule has 42 heavy (non-hydrogen) atoms. The molecule has 2 aromatic carbocycles. The SMILES string of the molecule is CC(C)(C)[Si](C)(C)OCC1CC(c2ccc(-c3ccc(C4=NOC(CO[Si](C)(C)C(C)(C)C)C4)cc3F)c(F)c2)=NO1. The maximum absolute atomic E-state index is 15.3. The molecule has 2 heterocycles. The van der Waals surface area contributed by atoms with Gasteiger partial charge < -0.3 is 18.5 Å². The quantitative estimate of drug-likeness (QED) is 0.265. The van der Waals surface area contributed by atoms with Gasteiger partial charge in [-0.05, 0) is 48.4 Å². The van der Waals surface area contributed by atoms with Crippen molar-refractivity contribution in [1.82, 2.24) is 0 Å². The van der Waals surface area contributed by atoms with Crippen LogP contribution >= 0.6 is 0 Å². The van der Waals surface area contributed by atoms with E-state index in [9.17, 15) is 0 Å². The predicted molar refractivity (Wildman–Crippen MR) is 170 cm³/mol. The summed E-state index contributed by atoms with van der Waals surface area (Å²) in [6, 6.07) is 9.48. The van der Waals surface area contributed by atoms with E-state index in [2.05, 4.69) is 78.0 Å². The molecule has 10 heteroatoms. The molecule has 0 fully saturated rings. The summed E-state index contributed by atoms with van der Waals surface area (Å²) >= 11 is 0. The second-order valence-corrected chi connectivity index (χ2v) is 24.1. The van der Waals surface area contributed by atoms with Crippen molar-refractivity contribution in [2.45, 2.75) is 103 Å². The van der Waals surface area contributed by atoms with Gasteiger partial charge in [-0.25, -0.2) is 8.78 Å². The minimum atomic E-state index is -1.91. The molecular formula is C32H46F2N2O4Si2. The van der Waals surface area contributed by atoms with Crippen molar-refractivity contribution in [2.24, 2.45) is 10.3 Å². The summed E-state index contributed by atoms with van der Waals surface area (Å²) in [5, 5.41) is 8.58. The maximum Gasteiger partial charge on any atom is 0.192 e. The van der Waals surface area contributed by atoms with Crippen molar-refractivity contribution < 1.29 is 27.3 Å². The summed E-state index contributed by atoms with van der Waals surface area (Å²) in [5.74, 6) is -1.04. The Labute approximate surface area is 251 Å². The monoisotopic (exact) mass is 616 g/mol. The van der Waals surface area contributed by atoms with Gasteiger partial charge in [-0.15, -0.1) is 0 Å². The Bertz CT molecular complexity index is 1260. The average molecular weight is 617 g/mol. The van der Waals surface area contributed by atoms with Gasteiger partial charge in [0.05, 0.1) is 24.6 Å². The Kier molecular flexibility index (Phi) is 9.24. The topological polar surface area (TPSA) is 61.6 Å². The lowest BCUT2D eigenvalue weighted by Crippen LogP contribution is -2.42. The van der Waals surface area contributed by atoms with Gasteiger partial charge in [0.15, 0.2) is 28.8 Å². The van der Waals surface area contributed by atoms with Crippen LogP contribution in [0.25, 0.3) is 11.1 Å². The zero-order chi connectivity index (χ0) is 31.1. The Morgan fingerprint density at radius 3 is 1.36 bits per heavy atom. The summed E-state index contributed by atoms with van der Waals surface area (Å²) in [5.41, 5.74) is 2.92. The molecule has 4 rings (SSSR count). The molecule has 0 radical (unpaired) electrons. The van der Waals surface area contributed by atoms with E-state index in [1.807, 2.05) is 0 Å². The Morgan fingerprint density at radius 1 is 0.690 bits per heavy atom. The Hall–Kier alpha value is -2.41. The number of benzene rings is 2. The number of hydrogen-bond donors (Lipinski definition) is 0. The third-order valence-corrected chi connectivity index (χ3v) is 18.2. The van der Waals surface area contributed by atoms with Gasteiger partial charge in [-0.1, -0.05) is 76.1 Å². The molecule has 0 amide bonds. The number of rotatable bonds is 9. The second kappa shape index (κ2) is 11.9. The van der Waals surface area contributed by atoms with Crippen molar-refractivity contribution in [2.75, 3.05) is 13.2 Å². The van der Waals surface area contributed by atoms with Gasteiger partial charge in [0, 0.05) is 35.1 Å². The molecule has 0 aromatic heterocycles. The normalized spacial score (nSPS) is 19.8. The van der Waals surface area contributed by atoms with Crippen LogP contribution in [0.4, 0.5) is 8.78 Å². The summed E-state index contributed by atoms with van der Waals surface area (Å²) in [4.78, 5) is 11.2. The summed E-state index contributed by atoms with van der Waals surface area (Å²) in [7, 11) is -3.82. The molecule has 0 saturated heterocycles. The first-order valence-electron chi connectivity index (χ1n) is 14.7. The zero-order valence-electron chi connectivity index (χ0n) is 26.7. The molecule has 2 aliphatic heterocycles. The molecule has 230 valence electrons. The molecule has 0 bridgehead atoms. The van der Waals surface area contributed by atoms with Crippen molar-refractivity contribution in [3.05, 3.63) is 59.2 Å². The third kappa shape index (κ3) is 7.20. The molecular weight excluding hydrogens is 571 g/mol. The molecule has 2 aromatic rings. The van der Waals surface area contributed by atoms with Gasteiger partial charge >= 0.3 is 0 Å². The van der Waals surface area contributed by atoms with Crippen molar-refractivity contribution in [3.63, 3.8) is 0 Å². The average Bonchev–Trinajstić information content (AvgIpc) is 3.55. The minimum absolute atomic E-state index is 0.0993. The number of oxime groups is 2. The first-order valence-corrected chi connectivity index (χ1v) is 20.5. The Morgan fingerprint density at radius 2 is 1.05 bits per heavy atom. The van der Waals surface area contributed by atoms with Gasteiger partial charge in [0.25, 0.3) is 0 Å². The van der Waals surface area contributed by atoms with E-state index in [1.165, 1.54) is 12.1 Å². The third-order valence-electron chi connectivity index (χ3n) is 9.23. The van der Waals surface area contributed by atoms with E-state index in [-0.39, 0.29) is 33.4 Å². The van der Waals surface area contributed by atoms with E-state index < -0.39 is 28.3 Å². The molecule has 2 aliphatic rings. The fourth-order valence-electron chi connectivity index (χ4n) is 4.24. The first kappa shape index (κ1) is 32.5. The number of halogens is 2. The van der Waals surface area contributed by atoms with Crippen molar-refractivity contribution >= 4 is 28.1 Å². The lowest BCUT2D eigenvalue weighted by atomic mass is 9.97. The Balaban J connectivity index is 1.37. The van der Waals surface area contributed by atoms with Crippen molar-refractivity contribution in [3.8, 4) is 11.1 Å². The smallest absolute Gasteiger partial charge is 0.192 e. The van der Waals surface area contributed by atoms with Gasteiger partial charge in [0.2, 0.25) is 0 Å². The van der Waals surface area contributed by atoms with E-state index in [1.54, 1.807) is 24.3 Å². The zero-order valence-corrected chi connectivity index (χ0v) is 28.7. The molecule has 2 unspecified atom stereocenters. The maximum atomic E-state index is 15.3. The van der Waals surface area contributed by atoms with Crippen LogP contribution in [-0.2, 0) is 18.5 Å². The largest absolute Gasteiger partial charge is 0.413 e. The lowest BCUT2D eigenvalue weighted by molar-refractivity contribution is 0.0427. The van der Waals surface area contributed by atoms with Crippen LogP contribution in [0.3, 0.4) is 0 Å². The van der Waals surface area contributed by atoms with Crippen LogP contribution in [0.15, 0.2) is 46.7 Å². The fourth-order valence-corrected chi connectivity index (χ4v) is 6.31. The highest BCUT2D eigenvalue weighted by Gasteiger charge is 2.39. The summed E-state index contributed by atoms with van der Waals surface area (Å²) in [6.07, 6.45) is 0.649. The number of nitrogens with zero attached hydrogens (tertiary/aromatic N) is 2. The van der Waals surface area contributed by atoms with Gasteiger partial charge in [0.1, 0.15) is 11.6 Å². The molecule has 0 aliphatic carbocycles. The molecule has 0 saturated carbocycles. The van der Waals surface area contributed by atoms with Crippen LogP contribution in [-0.4, -0.2) is 53.5 Å². The first-order chi connectivity index (χ1) is 19.4. The minimum Gasteiger partial charge on any atom is -0.413 e.